The summed E-state index contributed by atoms with van der Waals surface area (Å²) in [5.41, 5.74) is 0. The Morgan fingerprint density at radius 3 is 3.00 bits per heavy atom. The van der Waals surface area contributed by atoms with E-state index in [2.05, 4.69) is 4.74 Å². The van der Waals surface area contributed by atoms with E-state index in [1.165, 1.54) is 19.6 Å². The predicted octanol–water partition coefficient (Wildman–Crippen LogP) is 1.28. The second kappa shape index (κ2) is 4.93. The number of carbonyl (C=O) groups is 1. The maximum atomic E-state index is 10.7. The quantitative estimate of drug-likeness (QED) is 0.462. The lowest BCUT2D eigenvalue weighted by molar-refractivity contribution is -0.134. The third kappa shape index (κ3) is 3.05. The molecule has 1 atom stereocenters. The van der Waals surface area contributed by atoms with Gasteiger partial charge in [0.1, 0.15) is 0 Å². The van der Waals surface area contributed by atoms with Crippen LogP contribution in [0.2, 0.25) is 0 Å². The molecule has 1 aliphatic rings. The van der Waals surface area contributed by atoms with Gasteiger partial charge in [-0.25, -0.2) is 4.79 Å². The van der Waals surface area contributed by atoms with Gasteiger partial charge in [0.2, 0.25) is 0 Å². The maximum absolute atomic E-state index is 10.7. The highest BCUT2D eigenvalue weighted by molar-refractivity contribution is 5.81. The minimum atomic E-state index is -0.316. The summed E-state index contributed by atoms with van der Waals surface area (Å²) in [7, 11) is 1.37. The molecule has 1 heterocycles. The number of hydrogen-bond donors (Lipinski definition) is 0. The molecular weight excluding hydrogens is 156 g/mol. The average molecular weight is 170 g/mol. The Morgan fingerprint density at radius 1 is 1.58 bits per heavy atom. The first kappa shape index (κ1) is 9.26. The van der Waals surface area contributed by atoms with Gasteiger partial charge in [0, 0.05) is 12.7 Å². The first-order valence-electron chi connectivity index (χ1n) is 4.20. The van der Waals surface area contributed by atoms with Crippen molar-refractivity contribution < 1.29 is 14.3 Å². The Hall–Kier alpha value is -0.830. The zero-order valence-electron chi connectivity index (χ0n) is 7.29. The van der Waals surface area contributed by atoms with Crippen molar-refractivity contribution in [3.63, 3.8) is 0 Å². The van der Waals surface area contributed by atoms with E-state index in [4.69, 9.17) is 4.74 Å². The first-order chi connectivity index (χ1) is 5.83. The Kier molecular flexibility index (Phi) is 3.80. The van der Waals surface area contributed by atoms with E-state index in [1.54, 1.807) is 6.08 Å². The molecule has 0 aromatic carbocycles. The van der Waals surface area contributed by atoms with Crippen molar-refractivity contribution >= 4 is 5.97 Å². The van der Waals surface area contributed by atoms with Gasteiger partial charge in [-0.2, -0.15) is 0 Å². The fraction of sp³-hybridized carbons (Fsp3) is 0.667. The van der Waals surface area contributed by atoms with E-state index in [9.17, 15) is 4.79 Å². The predicted molar refractivity (Wildman–Crippen MR) is 44.7 cm³/mol. The highest BCUT2D eigenvalue weighted by Gasteiger charge is 2.10. The third-order valence-corrected chi connectivity index (χ3v) is 1.86. The second-order valence-corrected chi connectivity index (χ2v) is 2.79. The monoisotopic (exact) mass is 170 g/mol. The van der Waals surface area contributed by atoms with Gasteiger partial charge in [0.05, 0.1) is 13.2 Å². The highest BCUT2D eigenvalue weighted by Crippen LogP contribution is 2.13. The third-order valence-electron chi connectivity index (χ3n) is 1.86. The van der Waals surface area contributed by atoms with Gasteiger partial charge >= 0.3 is 5.97 Å². The van der Waals surface area contributed by atoms with Gasteiger partial charge in [-0.1, -0.05) is 0 Å². The SMILES string of the molecule is COC(=O)C=CC1CCCCO1. The van der Waals surface area contributed by atoms with E-state index in [1.807, 2.05) is 0 Å². The summed E-state index contributed by atoms with van der Waals surface area (Å²) >= 11 is 0. The molecule has 0 radical (unpaired) electrons. The van der Waals surface area contributed by atoms with Crippen LogP contribution in [0.25, 0.3) is 0 Å². The molecule has 1 unspecified atom stereocenters. The van der Waals surface area contributed by atoms with E-state index in [0.29, 0.717) is 0 Å². The Balaban J connectivity index is 2.28. The van der Waals surface area contributed by atoms with Crippen LogP contribution in [-0.4, -0.2) is 25.8 Å². The highest BCUT2D eigenvalue weighted by atomic mass is 16.5. The summed E-state index contributed by atoms with van der Waals surface area (Å²) < 4.78 is 9.84. The van der Waals surface area contributed by atoms with Crippen LogP contribution in [0, 0.1) is 0 Å². The molecule has 0 bridgehead atoms. The van der Waals surface area contributed by atoms with E-state index < -0.39 is 0 Å². The number of rotatable bonds is 2. The lowest BCUT2D eigenvalue weighted by atomic mass is 10.1. The lowest BCUT2D eigenvalue weighted by Gasteiger charge is -2.18. The molecule has 12 heavy (non-hydrogen) atoms. The molecule has 0 aromatic rings. The van der Waals surface area contributed by atoms with Crippen LogP contribution in [0.15, 0.2) is 12.2 Å². The number of methoxy groups -OCH3 is 1. The van der Waals surface area contributed by atoms with Crippen molar-refractivity contribution in [3.05, 3.63) is 12.2 Å². The van der Waals surface area contributed by atoms with Crippen molar-refractivity contribution in [2.75, 3.05) is 13.7 Å². The molecule has 3 heteroatoms. The summed E-state index contributed by atoms with van der Waals surface area (Å²) in [4.78, 5) is 10.7. The van der Waals surface area contributed by atoms with Crippen molar-refractivity contribution in [1.82, 2.24) is 0 Å². The maximum Gasteiger partial charge on any atom is 0.330 e. The number of carbonyl (C=O) groups excluding carboxylic acids is 1. The first-order valence-corrected chi connectivity index (χ1v) is 4.20. The Morgan fingerprint density at radius 2 is 2.42 bits per heavy atom. The molecule has 0 aliphatic carbocycles. The molecule has 0 aromatic heterocycles. The molecule has 0 N–H and O–H groups in total. The molecule has 0 amide bonds. The van der Waals surface area contributed by atoms with E-state index in [0.717, 1.165) is 19.4 Å². The molecule has 1 fully saturated rings. The Labute approximate surface area is 72.4 Å². The Bertz CT molecular complexity index is 169. The standard InChI is InChI=1S/C9H14O3/c1-11-9(10)6-5-8-4-2-3-7-12-8/h5-6,8H,2-4,7H2,1H3. The number of esters is 1. The van der Waals surface area contributed by atoms with Crippen molar-refractivity contribution in [2.24, 2.45) is 0 Å². The molecular formula is C9H14O3. The fourth-order valence-corrected chi connectivity index (χ4v) is 1.17. The summed E-state index contributed by atoms with van der Waals surface area (Å²) in [5, 5.41) is 0. The van der Waals surface area contributed by atoms with Gasteiger partial charge < -0.3 is 9.47 Å². The van der Waals surface area contributed by atoms with Crippen molar-refractivity contribution in [3.8, 4) is 0 Å². The summed E-state index contributed by atoms with van der Waals surface area (Å²) in [5.74, 6) is -0.316. The molecule has 0 saturated carbocycles. The van der Waals surface area contributed by atoms with Gasteiger partial charge in [0.15, 0.2) is 0 Å². The van der Waals surface area contributed by atoms with Crippen LogP contribution in [0.3, 0.4) is 0 Å². The van der Waals surface area contributed by atoms with Crippen LogP contribution >= 0.6 is 0 Å². The summed E-state index contributed by atoms with van der Waals surface area (Å²) in [6.07, 6.45) is 6.62. The largest absolute Gasteiger partial charge is 0.466 e. The van der Waals surface area contributed by atoms with E-state index in [-0.39, 0.29) is 12.1 Å². The van der Waals surface area contributed by atoms with Crippen molar-refractivity contribution in [2.45, 2.75) is 25.4 Å². The molecule has 1 rings (SSSR count). The molecule has 1 saturated heterocycles. The number of ether oxygens (including phenoxy) is 2. The van der Waals surface area contributed by atoms with E-state index >= 15 is 0 Å². The lowest BCUT2D eigenvalue weighted by Crippen LogP contribution is -2.16. The van der Waals surface area contributed by atoms with Gasteiger partial charge in [-0.3, -0.25) is 0 Å². The molecule has 0 spiro atoms. The summed E-state index contributed by atoms with van der Waals surface area (Å²) in [6, 6.07) is 0. The zero-order chi connectivity index (χ0) is 8.81. The van der Waals surface area contributed by atoms with Crippen LogP contribution in [0.1, 0.15) is 19.3 Å². The topological polar surface area (TPSA) is 35.5 Å². The molecule has 68 valence electrons. The minimum absolute atomic E-state index is 0.109. The van der Waals surface area contributed by atoms with Crippen molar-refractivity contribution in [1.29, 1.82) is 0 Å². The van der Waals surface area contributed by atoms with Crippen LogP contribution in [-0.2, 0) is 14.3 Å². The van der Waals surface area contributed by atoms with Crippen LogP contribution in [0.5, 0.6) is 0 Å². The smallest absolute Gasteiger partial charge is 0.330 e. The van der Waals surface area contributed by atoms with Gasteiger partial charge in [-0.15, -0.1) is 0 Å². The van der Waals surface area contributed by atoms with Crippen LogP contribution in [0.4, 0.5) is 0 Å². The minimum Gasteiger partial charge on any atom is -0.466 e. The second-order valence-electron chi connectivity index (χ2n) is 2.79. The zero-order valence-corrected chi connectivity index (χ0v) is 7.29. The van der Waals surface area contributed by atoms with Crippen LogP contribution < -0.4 is 0 Å². The van der Waals surface area contributed by atoms with Gasteiger partial charge in [0.25, 0.3) is 0 Å². The molecule has 3 nitrogen and oxygen atoms in total. The normalized spacial score (nSPS) is 24.2. The summed E-state index contributed by atoms with van der Waals surface area (Å²) in [6.45, 7) is 0.802. The number of hydrogen-bond acceptors (Lipinski definition) is 3. The molecule has 1 aliphatic heterocycles. The fourth-order valence-electron chi connectivity index (χ4n) is 1.17. The van der Waals surface area contributed by atoms with Gasteiger partial charge in [-0.05, 0) is 25.3 Å². The average Bonchev–Trinajstić information content (AvgIpc) is 2.16.